The van der Waals surface area contributed by atoms with Gasteiger partial charge in [-0.05, 0) is 25.6 Å². The van der Waals surface area contributed by atoms with E-state index in [1.807, 2.05) is 23.3 Å². The Morgan fingerprint density at radius 1 is 1.46 bits per heavy atom. The SMILES string of the molecule is CCc1ccc(CN(C)CC#N)s1. The highest BCUT2D eigenvalue weighted by Crippen LogP contribution is 2.17. The molecule has 0 atom stereocenters. The predicted molar refractivity (Wildman–Crippen MR) is 55.6 cm³/mol. The molecular weight excluding hydrogens is 180 g/mol. The third-order valence-electron chi connectivity index (χ3n) is 1.83. The summed E-state index contributed by atoms with van der Waals surface area (Å²) in [6.45, 7) is 3.55. The van der Waals surface area contributed by atoms with Crippen molar-refractivity contribution in [3.05, 3.63) is 21.9 Å². The Balaban J connectivity index is 2.49. The van der Waals surface area contributed by atoms with Gasteiger partial charge in [0.1, 0.15) is 0 Å². The Morgan fingerprint density at radius 2 is 2.15 bits per heavy atom. The second-order valence-corrected chi connectivity index (χ2v) is 4.30. The van der Waals surface area contributed by atoms with E-state index in [2.05, 4.69) is 25.1 Å². The van der Waals surface area contributed by atoms with Crippen LogP contribution in [0.25, 0.3) is 0 Å². The number of hydrogen-bond donors (Lipinski definition) is 0. The van der Waals surface area contributed by atoms with Gasteiger partial charge in [0, 0.05) is 16.3 Å². The zero-order valence-corrected chi connectivity index (χ0v) is 8.90. The quantitative estimate of drug-likeness (QED) is 0.687. The van der Waals surface area contributed by atoms with Crippen molar-refractivity contribution in [1.82, 2.24) is 4.90 Å². The second-order valence-electron chi connectivity index (χ2n) is 3.05. The van der Waals surface area contributed by atoms with Crippen molar-refractivity contribution >= 4 is 11.3 Å². The van der Waals surface area contributed by atoms with Crippen LogP contribution in [0.2, 0.25) is 0 Å². The molecule has 1 rings (SSSR count). The fraction of sp³-hybridized carbons (Fsp3) is 0.500. The van der Waals surface area contributed by atoms with Gasteiger partial charge < -0.3 is 0 Å². The molecule has 1 aromatic heterocycles. The molecule has 3 heteroatoms. The van der Waals surface area contributed by atoms with E-state index in [1.54, 1.807) is 0 Å². The molecule has 0 bridgehead atoms. The molecule has 0 aliphatic heterocycles. The Morgan fingerprint density at radius 3 is 2.69 bits per heavy atom. The average molecular weight is 194 g/mol. The molecular formula is C10H14N2S. The molecule has 0 amide bonds. The summed E-state index contributed by atoms with van der Waals surface area (Å²) in [5.74, 6) is 0. The normalized spacial score (nSPS) is 10.3. The second kappa shape index (κ2) is 5.00. The minimum absolute atomic E-state index is 0.499. The largest absolute Gasteiger partial charge is 0.289 e. The van der Waals surface area contributed by atoms with Crippen LogP contribution in [-0.4, -0.2) is 18.5 Å². The smallest absolute Gasteiger partial charge is 0.0866 e. The molecule has 0 spiro atoms. The molecule has 1 heterocycles. The van der Waals surface area contributed by atoms with E-state index in [0.717, 1.165) is 13.0 Å². The van der Waals surface area contributed by atoms with Crippen LogP contribution < -0.4 is 0 Å². The molecule has 0 N–H and O–H groups in total. The Labute approximate surface area is 83.4 Å². The first-order valence-corrected chi connectivity index (χ1v) is 5.21. The summed E-state index contributed by atoms with van der Waals surface area (Å²) in [6.07, 6.45) is 1.10. The molecule has 0 unspecified atom stereocenters. The van der Waals surface area contributed by atoms with Crippen LogP contribution in [0.1, 0.15) is 16.7 Å². The van der Waals surface area contributed by atoms with Gasteiger partial charge >= 0.3 is 0 Å². The summed E-state index contributed by atoms with van der Waals surface area (Å²) in [4.78, 5) is 4.78. The number of thiophene rings is 1. The number of nitriles is 1. The van der Waals surface area contributed by atoms with E-state index in [0.29, 0.717) is 6.54 Å². The van der Waals surface area contributed by atoms with Gasteiger partial charge in [0.2, 0.25) is 0 Å². The Kier molecular flexibility index (Phi) is 3.94. The highest BCUT2D eigenvalue weighted by Gasteiger charge is 2.01. The summed E-state index contributed by atoms with van der Waals surface area (Å²) < 4.78 is 0. The standard InChI is InChI=1S/C10H14N2S/c1-3-9-4-5-10(13-9)8-12(2)7-6-11/h4-5H,3,7-8H2,1-2H3. The van der Waals surface area contributed by atoms with Crippen molar-refractivity contribution in [2.45, 2.75) is 19.9 Å². The van der Waals surface area contributed by atoms with Crippen molar-refractivity contribution in [3.8, 4) is 6.07 Å². The number of aryl methyl sites for hydroxylation is 1. The van der Waals surface area contributed by atoms with Gasteiger partial charge in [-0.1, -0.05) is 6.92 Å². The molecule has 0 radical (unpaired) electrons. The molecule has 0 saturated carbocycles. The average Bonchev–Trinajstić information content (AvgIpc) is 2.52. The first-order chi connectivity index (χ1) is 6.26. The molecule has 70 valence electrons. The fourth-order valence-electron chi connectivity index (χ4n) is 1.14. The van der Waals surface area contributed by atoms with E-state index in [1.165, 1.54) is 9.75 Å². The predicted octanol–water partition coefficient (Wildman–Crippen LogP) is 2.27. The van der Waals surface area contributed by atoms with E-state index in [9.17, 15) is 0 Å². The van der Waals surface area contributed by atoms with Crippen LogP contribution >= 0.6 is 11.3 Å². The zero-order valence-electron chi connectivity index (χ0n) is 8.08. The molecule has 0 aliphatic carbocycles. The lowest BCUT2D eigenvalue weighted by atomic mass is 10.3. The highest BCUT2D eigenvalue weighted by molar-refractivity contribution is 7.11. The minimum Gasteiger partial charge on any atom is -0.289 e. The molecule has 13 heavy (non-hydrogen) atoms. The maximum Gasteiger partial charge on any atom is 0.0866 e. The molecule has 0 aromatic carbocycles. The Bertz CT molecular complexity index is 298. The molecule has 0 aliphatic rings. The minimum atomic E-state index is 0.499. The highest BCUT2D eigenvalue weighted by atomic mass is 32.1. The summed E-state index contributed by atoms with van der Waals surface area (Å²) in [5.41, 5.74) is 0. The summed E-state index contributed by atoms with van der Waals surface area (Å²) in [7, 11) is 1.97. The number of rotatable bonds is 4. The third kappa shape index (κ3) is 3.17. The maximum atomic E-state index is 8.48. The van der Waals surface area contributed by atoms with Gasteiger partial charge in [-0.2, -0.15) is 5.26 Å². The number of nitrogens with zero attached hydrogens (tertiary/aromatic N) is 2. The van der Waals surface area contributed by atoms with Gasteiger partial charge in [-0.15, -0.1) is 11.3 Å². The lowest BCUT2D eigenvalue weighted by Gasteiger charge is -2.09. The Hall–Kier alpha value is -0.850. The lowest BCUT2D eigenvalue weighted by Crippen LogP contribution is -2.16. The maximum absolute atomic E-state index is 8.48. The van der Waals surface area contributed by atoms with Crippen LogP contribution in [-0.2, 0) is 13.0 Å². The molecule has 0 saturated heterocycles. The van der Waals surface area contributed by atoms with Crippen LogP contribution in [0.4, 0.5) is 0 Å². The molecule has 0 fully saturated rings. The van der Waals surface area contributed by atoms with E-state index in [-0.39, 0.29) is 0 Å². The van der Waals surface area contributed by atoms with Crippen LogP contribution in [0.15, 0.2) is 12.1 Å². The monoisotopic (exact) mass is 194 g/mol. The van der Waals surface area contributed by atoms with Crippen molar-refractivity contribution in [2.75, 3.05) is 13.6 Å². The molecule has 1 aromatic rings. The van der Waals surface area contributed by atoms with Crippen molar-refractivity contribution in [3.63, 3.8) is 0 Å². The van der Waals surface area contributed by atoms with E-state index < -0.39 is 0 Å². The van der Waals surface area contributed by atoms with Crippen LogP contribution in [0.5, 0.6) is 0 Å². The zero-order chi connectivity index (χ0) is 9.68. The van der Waals surface area contributed by atoms with Gasteiger partial charge in [-0.25, -0.2) is 0 Å². The summed E-state index contributed by atoms with van der Waals surface area (Å²) >= 11 is 1.84. The van der Waals surface area contributed by atoms with Crippen molar-refractivity contribution < 1.29 is 0 Å². The summed E-state index contributed by atoms with van der Waals surface area (Å²) in [5, 5.41) is 8.48. The fourth-order valence-corrected chi connectivity index (χ4v) is 2.18. The van der Waals surface area contributed by atoms with Crippen molar-refractivity contribution in [1.29, 1.82) is 5.26 Å². The van der Waals surface area contributed by atoms with Gasteiger partial charge in [0.25, 0.3) is 0 Å². The van der Waals surface area contributed by atoms with E-state index >= 15 is 0 Å². The van der Waals surface area contributed by atoms with Crippen molar-refractivity contribution in [2.24, 2.45) is 0 Å². The number of hydrogen-bond acceptors (Lipinski definition) is 3. The lowest BCUT2D eigenvalue weighted by molar-refractivity contribution is 0.371. The molecule has 2 nitrogen and oxygen atoms in total. The van der Waals surface area contributed by atoms with Crippen LogP contribution in [0, 0.1) is 11.3 Å². The van der Waals surface area contributed by atoms with Gasteiger partial charge in [-0.3, -0.25) is 4.90 Å². The van der Waals surface area contributed by atoms with Gasteiger partial charge in [0.15, 0.2) is 0 Å². The van der Waals surface area contributed by atoms with E-state index in [4.69, 9.17) is 5.26 Å². The first-order valence-electron chi connectivity index (χ1n) is 4.39. The third-order valence-corrected chi connectivity index (χ3v) is 3.05. The van der Waals surface area contributed by atoms with Gasteiger partial charge in [0.05, 0.1) is 12.6 Å². The summed E-state index contributed by atoms with van der Waals surface area (Å²) in [6, 6.07) is 6.46. The topological polar surface area (TPSA) is 27.0 Å². The van der Waals surface area contributed by atoms with Crippen LogP contribution in [0.3, 0.4) is 0 Å². The first kappa shape index (κ1) is 10.2.